The third-order valence-corrected chi connectivity index (χ3v) is 5.75. The van der Waals surface area contributed by atoms with Crippen LogP contribution in [0.1, 0.15) is 43.0 Å². The number of sulfone groups is 1. The van der Waals surface area contributed by atoms with E-state index in [2.05, 4.69) is 5.43 Å². The van der Waals surface area contributed by atoms with E-state index in [4.69, 9.17) is 10.3 Å². The van der Waals surface area contributed by atoms with Crippen molar-refractivity contribution in [1.82, 2.24) is 5.43 Å². The fourth-order valence-electron chi connectivity index (χ4n) is 3.00. The molecule has 19 heavy (non-hydrogen) atoms. The lowest BCUT2D eigenvalue weighted by Crippen LogP contribution is -2.38. The molecule has 1 heterocycles. The molecule has 0 aromatic carbocycles. The maximum Gasteiger partial charge on any atom is 0.150 e. The summed E-state index contributed by atoms with van der Waals surface area (Å²) in [6.07, 6.45) is 6.26. The van der Waals surface area contributed by atoms with Crippen LogP contribution in [-0.2, 0) is 9.84 Å². The van der Waals surface area contributed by atoms with Gasteiger partial charge in [0.05, 0.1) is 17.6 Å². The number of nitrogens with one attached hydrogen (secondary N) is 1. The Balaban J connectivity index is 2.18. The van der Waals surface area contributed by atoms with E-state index in [0.717, 1.165) is 30.6 Å². The summed E-state index contributed by atoms with van der Waals surface area (Å²) in [5.74, 6) is 6.68. The quantitative estimate of drug-likeness (QED) is 0.650. The highest BCUT2D eigenvalue weighted by Gasteiger charge is 2.34. The van der Waals surface area contributed by atoms with Crippen LogP contribution in [0.2, 0.25) is 0 Å². The molecule has 3 atom stereocenters. The molecule has 3 N–H and O–H groups in total. The molecule has 6 heteroatoms. The number of furan rings is 1. The van der Waals surface area contributed by atoms with Crippen LogP contribution in [0.15, 0.2) is 16.7 Å². The molecule has 1 aromatic heterocycles. The van der Waals surface area contributed by atoms with Crippen LogP contribution in [0.3, 0.4) is 0 Å². The molecule has 2 rings (SSSR count). The van der Waals surface area contributed by atoms with Crippen molar-refractivity contribution < 1.29 is 12.8 Å². The summed E-state index contributed by atoms with van der Waals surface area (Å²) < 4.78 is 28.9. The molecular weight excluding hydrogens is 264 g/mol. The molecule has 1 saturated carbocycles. The van der Waals surface area contributed by atoms with E-state index in [1.54, 1.807) is 6.26 Å². The molecule has 0 amide bonds. The molecule has 0 aliphatic heterocycles. The lowest BCUT2D eigenvalue weighted by atomic mass is 9.82. The van der Waals surface area contributed by atoms with E-state index in [9.17, 15) is 8.42 Å². The van der Waals surface area contributed by atoms with Gasteiger partial charge in [0.25, 0.3) is 0 Å². The highest BCUT2D eigenvalue weighted by atomic mass is 32.2. The fraction of sp³-hybridized carbons (Fsp3) is 0.692. The largest absolute Gasteiger partial charge is 0.467 e. The highest BCUT2D eigenvalue weighted by molar-refractivity contribution is 7.91. The summed E-state index contributed by atoms with van der Waals surface area (Å²) in [5.41, 5.74) is 3.84. The van der Waals surface area contributed by atoms with Gasteiger partial charge in [-0.2, -0.15) is 0 Å². The van der Waals surface area contributed by atoms with Crippen LogP contribution in [0, 0.1) is 12.8 Å². The first-order valence-corrected chi connectivity index (χ1v) is 8.58. The van der Waals surface area contributed by atoms with Gasteiger partial charge in [0.15, 0.2) is 0 Å². The molecule has 0 saturated heterocycles. The summed E-state index contributed by atoms with van der Waals surface area (Å²) >= 11 is 0. The van der Waals surface area contributed by atoms with Gasteiger partial charge in [0.1, 0.15) is 15.6 Å². The van der Waals surface area contributed by atoms with Crippen molar-refractivity contribution >= 4 is 9.84 Å². The molecule has 1 aliphatic rings. The third-order valence-electron chi connectivity index (χ3n) is 4.11. The smallest absolute Gasteiger partial charge is 0.150 e. The Morgan fingerprint density at radius 3 is 2.74 bits per heavy atom. The SMILES string of the molecule is Cc1ccoc1C(NN)C1CCCC(S(C)(=O)=O)C1. The standard InChI is InChI=1S/C13H22N2O3S/c1-9-6-7-18-13(9)12(15-14)10-4-3-5-11(8-10)19(2,16)17/h6-7,10-12,15H,3-5,8,14H2,1-2H3. The lowest BCUT2D eigenvalue weighted by Gasteiger charge is -2.32. The first kappa shape index (κ1) is 14.6. The van der Waals surface area contributed by atoms with Crippen LogP contribution in [0.25, 0.3) is 0 Å². The zero-order chi connectivity index (χ0) is 14.0. The van der Waals surface area contributed by atoms with Gasteiger partial charge >= 0.3 is 0 Å². The highest BCUT2D eigenvalue weighted by Crippen LogP contribution is 2.37. The van der Waals surface area contributed by atoms with Crippen molar-refractivity contribution in [3.8, 4) is 0 Å². The van der Waals surface area contributed by atoms with Crippen molar-refractivity contribution in [2.75, 3.05) is 6.26 Å². The van der Waals surface area contributed by atoms with E-state index < -0.39 is 9.84 Å². The predicted molar refractivity (Wildman–Crippen MR) is 74.1 cm³/mol. The minimum Gasteiger partial charge on any atom is -0.467 e. The van der Waals surface area contributed by atoms with Gasteiger partial charge in [0, 0.05) is 6.26 Å². The van der Waals surface area contributed by atoms with Crippen LogP contribution in [-0.4, -0.2) is 19.9 Å². The van der Waals surface area contributed by atoms with Crippen molar-refractivity contribution in [2.24, 2.45) is 11.8 Å². The monoisotopic (exact) mass is 286 g/mol. The average molecular weight is 286 g/mol. The van der Waals surface area contributed by atoms with E-state index in [1.807, 2.05) is 13.0 Å². The molecule has 1 aliphatic carbocycles. The summed E-state index contributed by atoms with van der Waals surface area (Å²) in [5, 5.41) is -0.252. The zero-order valence-electron chi connectivity index (χ0n) is 11.4. The number of hydrogen-bond acceptors (Lipinski definition) is 5. The number of hydrogen-bond donors (Lipinski definition) is 2. The minimum absolute atomic E-state index is 0.112. The van der Waals surface area contributed by atoms with E-state index in [-0.39, 0.29) is 17.2 Å². The molecule has 0 radical (unpaired) electrons. The first-order valence-electron chi connectivity index (χ1n) is 6.62. The predicted octanol–water partition coefficient (Wildman–Crippen LogP) is 1.70. The van der Waals surface area contributed by atoms with Crippen LogP contribution in [0.5, 0.6) is 0 Å². The van der Waals surface area contributed by atoms with Gasteiger partial charge < -0.3 is 4.42 Å². The molecule has 1 aromatic rings. The number of aryl methyl sites for hydroxylation is 1. The Bertz CT molecular complexity index is 524. The van der Waals surface area contributed by atoms with Gasteiger partial charge in [-0.05, 0) is 43.7 Å². The van der Waals surface area contributed by atoms with Crippen molar-refractivity contribution in [3.63, 3.8) is 0 Å². The second-order valence-corrected chi connectivity index (χ2v) is 7.82. The van der Waals surface area contributed by atoms with E-state index >= 15 is 0 Å². The molecule has 0 spiro atoms. The van der Waals surface area contributed by atoms with Gasteiger partial charge in [-0.15, -0.1) is 0 Å². The molecule has 5 nitrogen and oxygen atoms in total. The normalized spacial score (nSPS) is 26.3. The second kappa shape index (κ2) is 5.64. The maximum absolute atomic E-state index is 11.7. The topological polar surface area (TPSA) is 85.3 Å². The van der Waals surface area contributed by atoms with Gasteiger partial charge in [0.2, 0.25) is 0 Å². The Labute approximate surface area is 114 Å². The van der Waals surface area contributed by atoms with Crippen LogP contribution >= 0.6 is 0 Å². The van der Waals surface area contributed by atoms with Crippen LogP contribution in [0.4, 0.5) is 0 Å². The van der Waals surface area contributed by atoms with Crippen molar-refractivity contribution in [2.45, 2.75) is 43.9 Å². The summed E-state index contributed by atoms with van der Waals surface area (Å²) in [6.45, 7) is 1.97. The zero-order valence-corrected chi connectivity index (χ0v) is 12.2. The summed E-state index contributed by atoms with van der Waals surface area (Å²) in [7, 11) is -2.98. The molecular formula is C13H22N2O3S. The average Bonchev–Trinajstić information content (AvgIpc) is 2.76. The molecule has 0 bridgehead atoms. The van der Waals surface area contributed by atoms with Crippen LogP contribution < -0.4 is 11.3 Å². The third kappa shape index (κ3) is 3.19. The fourth-order valence-corrected chi connectivity index (χ4v) is 4.19. The Hall–Kier alpha value is -0.850. The lowest BCUT2D eigenvalue weighted by molar-refractivity contribution is 0.246. The summed E-state index contributed by atoms with van der Waals surface area (Å²) in [6, 6.07) is 1.79. The van der Waals surface area contributed by atoms with Crippen molar-refractivity contribution in [1.29, 1.82) is 0 Å². The van der Waals surface area contributed by atoms with E-state index in [1.165, 1.54) is 6.26 Å². The maximum atomic E-state index is 11.7. The molecule has 1 fully saturated rings. The number of nitrogens with two attached hydrogens (primary N) is 1. The van der Waals surface area contributed by atoms with Gasteiger partial charge in [-0.1, -0.05) is 6.42 Å². The van der Waals surface area contributed by atoms with Gasteiger partial charge in [-0.3, -0.25) is 5.84 Å². The number of rotatable bonds is 4. The Kier molecular flexibility index (Phi) is 4.32. The number of hydrazine groups is 1. The second-order valence-electron chi connectivity index (χ2n) is 5.49. The summed E-state index contributed by atoms with van der Waals surface area (Å²) in [4.78, 5) is 0. The molecule has 108 valence electrons. The van der Waals surface area contributed by atoms with E-state index in [0.29, 0.717) is 6.42 Å². The van der Waals surface area contributed by atoms with Crippen molar-refractivity contribution in [3.05, 3.63) is 23.7 Å². The Morgan fingerprint density at radius 1 is 1.47 bits per heavy atom. The van der Waals surface area contributed by atoms with Gasteiger partial charge in [-0.25, -0.2) is 13.8 Å². The minimum atomic E-state index is -2.98. The molecule has 3 unspecified atom stereocenters. The Morgan fingerprint density at radius 2 is 2.21 bits per heavy atom. The first-order chi connectivity index (χ1) is 8.93.